The normalized spacial score (nSPS) is 15.8. The van der Waals surface area contributed by atoms with Gasteiger partial charge in [0.1, 0.15) is 5.76 Å². The fourth-order valence-corrected chi connectivity index (χ4v) is 3.95. The van der Waals surface area contributed by atoms with Gasteiger partial charge in [-0.15, -0.1) is 0 Å². The van der Waals surface area contributed by atoms with Crippen molar-refractivity contribution in [1.82, 2.24) is 16.3 Å². The van der Waals surface area contributed by atoms with Crippen LogP contribution in [0.15, 0.2) is 27.7 Å². The molecule has 11 heteroatoms. The number of furan rings is 1. The van der Waals surface area contributed by atoms with Crippen LogP contribution < -0.4 is 22.0 Å². The van der Waals surface area contributed by atoms with Crippen LogP contribution in [-0.4, -0.2) is 23.6 Å². The first kappa shape index (κ1) is 22.6. The van der Waals surface area contributed by atoms with Crippen molar-refractivity contribution >= 4 is 46.8 Å². The van der Waals surface area contributed by atoms with Crippen molar-refractivity contribution in [3.05, 3.63) is 56.5 Å². The summed E-state index contributed by atoms with van der Waals surface area (Å²) in [7, 11) is 0. The number of amides is 4. The van der Waals surface area contributed by atoms with E-state index in [1.165, 1.54) is 18.2 Å². The molecule has 2 aromatic rings. The molecule has 3 rings (SSSR count). The van der Waals surface area contributed by atoms with Gasteiger partial charge >= 0.3 is 11.9 Å². The van der Waals surface area contributed by atoms with Crippen LogP contribution in [0.3, 0.4) is 0 Å². The fraction of sp³-hybridized carbons (Fsp3) is 0.300. The second-order valence-electron chi connectivity index (χ2n) is 7.94. The van der Waals surface area contributed by atoms with Crippen LogP contribution in [0.5, 0.6) is 0 Å². The Kier molecular flexibility index (Phi) is 6.28. The van der Waals surface area contributed by atoms with E-state index in [0.717, 1.165) is 0 Å². The summed E-state index contributed by atoms with van der Waals surface area (Å²) < 4.78 is 5.82. The number of urea groups is 1. The third-order valence-corrected chi connectivity index (χ3v) is 5.31. The summed E-state index contributed by atoms with van der Waals surface area (Å²) >= 11 is 11.8. The summed E-state index contributed by atoms with van der Waals surface area (Å²) in [6, 6.07) is 3.59. The molecular formula is C20H21Cl2N5O4. The average molecular weight is 466 g/mol. The van der Waals surface area contributed by atoms with Gasteiger partial charge in [0.05, 0.1) is 16.3 Å². The van der Waals surface area contributed by atoms with E-state index in [4.69, 9.17) is 33.4 Å². The van der Waals surface area contributed by atoms with Gasteiger partial charge in [-0.1, -0.05) is 37.0 Å². The van der Waals surface area contributed by atoms with Gasteiger partial charge in [0.25, 0.3) is 5.91 Å². The smallest absolute Gasteiger partial charge is 0.332 e. The van der Waals surface area contributed by atoms with Crippen molar-refractivity contribution in [2.24, 2.45) is 16.3 Å². The fourth-order valence-electron chi connectivity index (χ4n) is 3.46. The third kappa shape index (κ3) is 5.00. The zero-order valence-electron chi connectivity index (χ0n) is 17.1. The highest BCUT2D eigenvalue weighted by Crippen LogP contribution is 2.38. The Morgan fingerprint density at radius 3 is 2.45 bits per heavy atom. The standard InChI is InChI=1S/C20H21Cl2N5O4/c1-9-15-13(24-27-19(23)30)7-20(2,3)8-14(15)31-16(9)18(29)26-25-17(28)11-5-4-10(21)6-12(11)22/h4-6H,7-8H2,1-3H3,(H,25,28)(H,26,29)(H3,23,27,30)/b24-13-. The molecule has 0 atom stereocenters. The highest BCUT2D eigenvalue weighted by Gasteiger charge is 2.36. The predicted octanol–water partition coefficient (Wildman–Crippen LogP) is 3.31. The molecule has 0 radical (unpaired) electrons. The Bertz CT molecular complexity index is 1110. The minimum absolute atomic E-state index is 0.0250. The lowest BCUT2D eigenvalue weighted by Crippen LogP contribution is -2.41. The molecular weight excluding hydrogens is 445 g/mol. The van der Waals surface area contributed by atoms with Crippen molar-refractivity contribution in [2.45, 2.75) is 33.6 Å². The number of halogens is 2. The van der Waals surface area contributed by atoms with Gasteiger partial charge in [0, 0.05) is 22.6 Å². The van der Waals surface area contributed by atoms with Crippen molar-refractivity contribution in [3.63, 3.8) is 0 Å². The monoisotopic (exact) mass is 465 g/mol. The topological polar surface area (TPSA) is 139 Å². The summed E-state index contributed by atoms with van der Waals surface area (Å²) in [6.45, 7) is 5.74. The number of carbonyl (C=O) groups is 3. The van der Waals surface area contributed by atoms with Crippen molar-refractivity contribution in [1.29, 1.82) is 0 Å². The van der Waals surface area contributed by atoms with Crippen LogP contribution in [0.1, 0.15) is 58.1 Å². The largest absolute Gasteiger partial charge is 0.455 e. The molecule has 1 heterocycles. The van der Waals surface area contributed by atoms with Crippen LogP contribution in [0.4, 0.5) is 4.79 Å². The molecule has 1 aliphatic carbocycles. The highest BCUT2D eigenvalue weighted by molar-refractivity contribution is 6.36. The Hall–Kier alpha value is -3.04. The summed E-state index contributed by atoms with van der Waals surface area (Å²) in [5.41, 5.74) is 13.7. The van der Waals surface area contributed by atoms with Gasteiger partial charge in [-0.25, -0.2) is 10.2 Å². The first-order valence-corrected chi connectivity index (χ1v) is 10.0. The van der Waals surface area contributed by atoms with Crippen molar-refractivity contribution in [3.8, 4) is 0 Å². The van der Waals surface area contributed by atoms with E-state index < -0.39 is 17.8 Å². The summed E-state index contributed by atoms with van der Waals surface area (Å²) in [6.07, 6.45) is 1.12. The minimum atomic E-state index is -0.792. The molecule has 0 unspecified atom stereocenters. The van der Waals surface area contributed by atoms with Crippen LogP contribution in [0.25, 0.3) is 0 Å². The van der Waals surface area contributed by atoms with E-state index in [1.54, 1.807) is 6.92 Å². The number of carbonyl (C=O) groups excluding carboxylic acids is 3. The molecule has 0 bridgehead atoms. The molecule has 0 saturated carbocycles. The van der Waals surface area contributed by atoms with Crippen molar-refractivity contribution in [2.75, 3.05) is 0 Å². The number of nitrogens with two attached hydrogens (primary N) is 1. The summed E-state index contributed by atoms with van der Waals surface area (Å²) in [4.78, 5) is 36.1. The number of hydrogen-bond acceptors (Lipinski definition) is 5. The molecule has 1 aliphatic rings. The Morgan fingerprint density at radius 2 is 1.81 bits per heavy atom. The Morgan fingerprint density at radius 1 is 1.13 bits per heavy atom. The number of hydrazine groups is 1. The summed E-state index contributed by atoms with van der Waals surface area (Å²) in [5.74, 6) is -0.670. The second-order valence-corrected chi connectivity index (χ2v) is 8.78. The number of nitrogens with zero attached hydrogens (tertiary/aromatic N) is 1. The lowest BCUT2D eigenvalue weighted by Gasteiger charge is -2.29. The van der Waals surface area contributed by atoms with Crippen LogP contribution in [0.2, 0.25) is 10.0 Å². The molecule has 0 saturated heterocycles. The molecule has 0 aliphatic heterocycles. The molecule has 1 aromatic carbocycles. The van der Waals surface area contributed by atoms with Crippen LogP contribution in [0, 0.1) is 12.3 Å². The minimum Gasteiger partial charge on any atom is -0.455 e. The van der Waals surface area contributed by atoms with Crippen molar-refractivity contribution < 1.29 is 18.8 Å². The number of rotatable bonds is 3. The molecule has 1 aromatic heterocycles. The average Bonchev–Trinajstić information content (AvgIpc) is 2.99. The van der Waals surface area contributed by atoms with Gasteiger partial charge in [0.2, 0.25) is 0 Å². The van der Waals surface area contributed by atoms with Gasteiger partial charge in [0.15, 0.2) is 5.76 Å². The summed E-state index contributed by atoms with van der Waals surface area (Å²) in [5, 5.41) is 4.62. The zero-order chi connectivity index (χ0) is 22.9. The Balaban J connectivity index is 1.82. The van der Waals surface area contributed by atoms with E-state index >= 15 is 0 Å². The number of nitrogens with one attached hydrogen (secondary N) is 3. The number of hydrogen-bond donors (Lipinski definition) is 4. The molecule has 9 nitrogen and oxygen atoms in total. The van der Waals surface area contributed by atoms with Crippen LogP contribution in [-0.2, 0) is 6.42 Å². The first-order valence-electron chi connectivity index (χ1n) is 9.29. The lowest BCUT2D eigenvalue weighted by molar-refractivity contribution is 0.0828. The maximum Gasteiger partial charge on any atom is 0.332 e. The second kappa shape index (κ2) is 8.60. The van der Waals surface area contributed by atoms with E-state index in [0.29, 0.717) is 40.5 Å². The number of primary amides is 1. The first-order chi connectivity index (χ1) is 14.5. The Labute approximate surface area is 188 Å². The van der Waals surface area contributed by atoms with Gasteiger partial charge in [-0.05, 0) is 37.0 Å². The molecule has 5 N–H and O–H groups in total. The maximum absolute atomic E-state index is 12.7. The zero-order valence-corrected chi connectivity index (χ0v) is 18.6. The van der Waals surface area contributed by atoms with E-state index in [-0.39, 0.29) is 21.8 Å². The van der Waals surface area contributed by atoms with E-state index in [9.17, 15) is 14.4 Å². The van der Waals surface area contributed by atoms with E-state index in [2.05, 4.69) is 21.4 Å². The highest BCUT2D eigenvalue weighted by atomic mass is 35.5. The molecule has 164 valence electrons. The molecule has 31 heavy (non-hydrogen) atoms. The van der Waals surface area contributed by atoms with Gasteiger partial charge in [-0.2, -0.15) is 5.10 Å². The van der Waals surface area contributed by atoms with Gasteiger partial charge in [-0.3, -0.25) is 20.4 Å². The molecule has 0 fully saturated rings. The SMILES string of the molecule is Cc1c(C(=O)NNC(=O)c2ccc(Cl)cc2Cl)oc2c1/C(=N\NC(N)=O)CC(C)(C)C2. The number of hydrazone groups is 1. The van der Waals surface area contributed by atoms with Gasteiger partial charge < -0.3 is 10.2 Å². The predicted molar refractivity (Wildman–Crippen MR) is 116 cm³/mol. The van der Waals surface area contributed by atoms with E-state index in [1.807, 2.05) is 13.8 Å². The lowest BCUT2D eigenvalue weighted by atomic mass is 9.75. The third-order valence-electron chi connectivity index (χ3n) is 4.77. The quantitative estimate of drug-likeness (QED) is 0.516. The number of fused-ring (bicyclic) bond motifs is 1. The molecule has 4 amide bonds. The number of benzene rings is 1. The maximum atomic E-state index is 12.7. The molecule has 0 spiro atoms. The van der Waals surface area contributed by atoms with Crippen LogP contribution >= 0.6 is 23.2 Å².